The summed E-state index contributed by atoms with van der Waals surface area (Å²) >= 11 is 0. The molecule has 2 aromatic rings. The van der Waals surface area contributed by atoms with Gasteiger partial charge in [-0.1, -0.05) is 18.2 Å². The summed E-state index contributed by atoms with van der Waals surface area (Å²) in [5.41, 5.74) is 2.21. The number of aromatic nitrogens is 1. The molecule has 1 saturated carbocycles. The molecule has 1 heterocycles. The maximum absolute atomic E-state index is 11.7. The summed E-state index contributed by atoms with van der Waals surface area (Å²) in [5, 5.41) is 1.18. The molecule has 0 radical (unpaired) electrons. The van der Waals surface area contributed by atoms with Gasteiger partial charge in [-0.05, 0) is 43.9 Å². The lowest BCUT2D eigenvalue weighted by Crippen LogP contribution is -2.15. The van der Waals surface area contributed by atoms with Crippen LogP contribution in [-0.2, 0) is 11.2 Å². The molecule has 0 aliphatic heterocycles. The number of fused-ring (bicyclic) bond motifs is 1. The van der Waals surface area contributed by atoms with Crippen LogP contribution in [0.5, 0.6) is 0 Å². The van der Waals surface area contributed by atoms with Gasteiger partial charge in [0, 0.05) is 17.0 Å². The average Bonchev–Trinajstić information content (AvgIpc) is 3.11. The van der Waals surface area contributed by atoms with Crippen LogP contribution in [0.3, 0.4) is 0 Å². The highest BCUT2D eigenvalue weighted by Gasteiger charge is 2.47. The molecule has 86 valence electrons. The molecular formula is C15H15NO. The number of rotatable bonds is 3. The van der Waals surface area contributed by atoms with Crippen LogP contribution in [-0.4, -0.2) is 10.8 Å². The maximum atomic E-state index is 11.7. The van der Waals surface area contributed by atoms with Crippen LogP contribution in [0, 0.1) is 5.41 Å². The van der Waals surface area contributed by atoms with E-state index < -0.39 is 0 Å². The first kappa shape index (κ1) is 10.5. The molecule has 0 atom stereocenters. The molecule has 0 unspecified atom stereocenters. The number of hydrogen-bond donors (Lipinski definition) is 0. The van der Waals surface area contributed by atoms with E-state index >= 15 is 0 Å². The molecule has 0 spiro atoms. The van der Waals surface area contributed by atoms with Crippen molar-refractivity contribution < 1.29 is 4.79 Å². The Morgan fingerprint density at radius 2 is 2.06 bits per heavy atom. The predicted molar refractivity (Wildman–Crippen MR) is 67.8 cm³/mol. The number of carbonyl (C=O) groups is 1. The predicted octanol–water partition coefficient (Wildman–Crippen LogP) is 3.15. The molecule has 0 bridgehead atoms. The van der Waals surface area contributed by atoms with E-state index in [0.29, 0.717) is 5.78 Å². The third-order valence-electron chi connectivity index (χ3n) is 3.87. The number of carbonyl (C=O) groups excluding carboxylic acids is 1. The lowest BCUT2D eigenvalue weighted by molar-refractivity contribution is -0.121. The smallest absolute Gasteiger partial charge is 0.136 e. The number of para-hydroxylation sites is 1. The molecule has 1 fully saturated rings. The number of ketones is 1. The number of benzene rings is 1. The molecule has 2 heteroatoms. The van der Waals surface area contributed by atoms with E-state index in [1.165, 1.54) is 10.9 Å². The summed E-state index contributed by atoms with van der Waals surface area (Å²) in [5.74, 6) is 0.332. The number of nitrogens with zero attached hydrogens (tertiary/aromatic N) is 1. The Balaban J connectivity index is 2.04. The molecule has 0 N–H and O–H groups in total. The molecule has 0 saturated heterocycles. The minimum atomic E-state index is -0.0654. The number of hydrogen-bond acceptors (Lipinski definition) is 2. The fourth-order valence-corrected chi connectivity index (χ4v) is 2.48. The molecule has 2 nitrogen and oxygen atoms in total. The zero-order valence-electron chi connectivity index (χ0n) is 9.94. The maximum Gasteiger partial charge on any atom is 0.136 e. The van der Waals surface area contributed by atoms with Crippen molar-refractivity contribution in [3.63, 3.8) is 0 Å². The first-order valence-electron chi connectivity index (χ1n) is 6.05. The molecule has 17 heavy (non-hydrogen) atoms. The van der Waals surface area contributed by atoms with Crippen molar-refractivity contribution in [2.75, 3.05) is 0 Å². The molecule has 3 rings (SSSR count). The van der Waals surface area contributed by atoms with Crippen LogP contribution in [0.2, 0.25) is 0 Å². The van der Waals surface area contributed by atoms with Gasteiger partial charge in [0.1, 0.15) is 5.78 Å². The Morgan fingerprint density at radius 1 is 1.29 bits per heavy atom. The van der Waals surface area contributed by atoms with Crippen molar-refractivity contribution in [1.82, 2.24) is 4.98 Å². The van der Waals surface area contributed by atoms with E-state index in [9.17, 15) is 4.79 Å². The van der Waals surface area contributed by atoms with Crippen LogP contribution in [0.1, 0.15) is 25.3 Å². The average molecular weight is 225 g/mol. The standard InChI is InChI=1S/C15H15NO/c1-11(17)15(7-8-15)10-12-6-9-16-14-5-3-2-4-13(12)14/h2-6,9H,7-8,10H2,1H3. The molecule has 1 aliphatic rings. The summed E-state index contributed by atoms with van der Waals surface area (Å²) in [4.78, 5) is 16.0. The van der Waals surface area contributed by atoms with E-state index in [1.54, 1.807) is 6.92 Å². The SMILES string of the molecule is CC(=O)C1(Cc2ccnc3ccccc23)CC1. The second-order valence-corrected chi connectivity index (χ2v) is 5.00. The van der Waals surface area contributed by atoms with Gasteiger partial charge >= 0.3 is 0 Å². The highest BCUT2D eigenvalue weighted by molar-refractivity contribution is 5.87. The van der Waals surface area contributed by atoms with Gasteiger partial charge in [-0.3, -0.25) is 9.78 Å². The quantitative estimate of drug-likeness (QED) is 0.803. The van der Waals surface area contributed by atoms with Crippen LogP contribution < -0.4 is 0 Å². The fraction of sp³-hybridized carbons (Fsp3) is 0.333. The van der Waals surface area contributed by atoms with Crippen molar-refractivity contribution in [3.05, 3.63) is 42.1 Å². The van der Waals surface area contributed by atoms with Crippen LogP contribution in [0.4, 0.5) is 0 Å². The molecule has 0 amide bonds. The van der Waals surface area contributed by atoms with E-state index in [-0.39, 0.29) is 5.41 Å². The molecule has 1 aromatic heterocycles. The van der Waals surface area contributed by atoms with Gasteiger partial charge in [-0.15, -0.1) is 0 Å². The third kappa shape index (κ3) is 1.74. The highest BCUT2D eigenvalue weighted by atomic mass is 16.1. The zero-order valence-corrected chi connectivity index (χ0v) is 9.94. The molecule has 1 aromatic carbocycles. The Morgan fingerprint density at radius 3 is 2.76 bits per heavy atom. The van der Waals surface area contributed by atoms with Gasteiger partial charge in [-0.25, -0.2) is 0 Å². The van der Waals surface area contributed by atoms with Crippen molar-refractivity contribution in [1.29, 1.82) is 0 Å². The zero-order chi connectivity index (χ0) is 11.9. The first-order chi connectivity index (χ1) is 8.21. The van der Waals surface area contributed by atoms with Gasteiger partial charge < -0.3 is 0 Å². The Labute approximate surface area is 101 Å². The van der Waals surface area contributed by atoms with Gasteiger partial charge in [0.05, 0.1) is 5.52 Å². The van der Waals surface area contributed by atoms with Gasteiger partial charge in [0.15, 0.2) is 0 Å². The van der Waals surface area contributed by atoms with Crippen LogP contribution >= 0.6 is 0 Å². The Hall–Kier alpha value is -1.70. The lowest BCUT2D eigenvalue weighted by Gasteiger charge is -2.12. The van der Waals surface area contributed by atoms with Crippen molar-refractivity contribution in [2.45, 2.75) is 26.2 Å². The van der Waals surface area contributed by atoms with Gasteiger partial charge in [0.25, 0.3) is 0 Å². The number of pyridine rings is 1. The molecular weight excluding hydrogens is 210 g/mol. The number of Topliss-reactive ketones (excluding diaryl/α,β-unsaturated/α-hetero) is 1. The summed E-state index contributed by atoms with van der Waals surface area (Å²) < 4.78 is 0. The molecule has 1 aliphatic carbocycles. The van der Waals surface area contributed by atoms with E-state index in [1.807, 2.05) is 30.5 Å². The summed E-state index contributed by atoms with van der Waals surface area (Å²) in [6.07, 6.45) is 4.79. The van der Waals surface area contributed by atoms with E-state index in [0.717, 1.165) is 24.8 Å². The van der Waals surface area contributed by atoms with Crippen molar-refractivity contribution in [3.8, 4) is 0 Å². The third-order valence-corrected chi connectivity index (χ3v) is 3.87. The first-order valence-corrected chi connectivity index (χ1v) is 6.05. The normalized spacial score (nSPS) is 17.0. The van der Waals surface area contributed by atoms with Crippen molar-refractivity contribution in [2.24, 2.45) is 5.41 Å². The van der Waals surface area contributed by atoms with Crippen LogP contribution in [0.25, 0.3) is 10.9 Å². The Kier molecular flexibility index (Phi) is 2.25. The highest BCUT2D eigenvalue weighted by Crippen LogP contribution is 2.49. The van der Waals surface area contributed by atoms with Crippen LogP contribution in [0.15, 0.2) is 36.5 Å². The van der Waals surface area contributed by atoms with E-state index in [4.69, 9.17) is 0 Å². The van der Waals surface area contributed by atoms with Gasteiger partial charge in [0.2, 0.25) is 0 Å². The lowest BCUT2D eigenvalue weighted by atomic mass is 9.91. The topological polar surface area (TPSA) is 30.0 Å². The largest absolute Gasteiger partial charge is 0.299 e. The van der Waals surface area contributed by atoms with Crippen molar-refractivity contribution >= 4 is 16.7 Å². The second-order valence-electron chi connectivity index (χ2n) is 5.00. The Bertz CT molecular complexity index is 579. The summed E-state index contributed by atoms with van der Waals surface area (Å²) in [7, 11) is 0. The second kappa shape index (κ2) is 3.66. The summed E-state index contributed by atoms with van der Waals surface area (Å²) in [6, 6.07) is 10.2. The van der Waals surface area contributed by atoms with Gasteiger partial charge in [-0.2, -0.15) is 0 Å². The minimum absolute atomic E-state index is 0.0654. The van der Waals surface area contributed by atoms with E-state index in [2.05, 4.69) is 11.1 Å². The monoisotopic (exact) mass is 225 g/mol. The summed E-state index contributed by atoms with van der Waals surface area (Å²) in [6.45, 7) is 1.72. The fourth-order valence-electron chi connectivity index (χ4n) is 2.48. The minimum Gasteiger partial charge on any atom is -0.299 e.